The molecular formula is C8H20CdCl2NO6P. The van der Waals surface area contributed by atoms with E-state index in [0.29, 0.717) is 11.0 Å². The number of halogens is 2. The Labute approximate surface area is 132 Å². The van der Waals surface area contributed by atoms with E-state index in [9.17, 15) is 9.46 Å². The zero-order chi connectivity index (χ0) is 15.5. The van der Waals surface area contributed by atoms with Gasteiger partial charge in [-0.1, -0.05) is 0 Å². The Morgan fingerprint density at radius 1 is 1.37 bits per heavy atom. The second kappa shape index (κ2) is 12.1. The van der Waals surface area contributed by atoms with Crippen LogP contribution in [0.15, 0.2) is 0 Å². The monoisotopic (exact) mass is 441 g/mol. The molecule has 0 aromatic heterocycles. The first-order valence-electron chi connectivity index (χ1n) is 5.39. The molecule has 0 aromatic carbocycles. The minimum absolute atomic E-state index is 0.0134. The molecule has 1 unspecified atom stereocenters. The van der Waals surface area contributed by atoms with Crippen LogP contribution in [0.5, 0.6) is 0 Å². The molecule has 7 nitrogen and oxygen atoms in total. The van der Waals surface area contributed by atoms with Gasteiger partial charge in [0.2, 0.25) is 0 Å². The number of rotatable bonds is 8. The van der Waals surface area contributed by atoms with Crippen molar-refractivity contribution in [1.29, 1.82) is 0 Å². The molecule has 11 heteroatoms. The molecule has 0 spiro atoms. The van der Waals surface area contributed by atoms with Crippen LogP contribution in [0.4, 0.5) is 0 Å². The van der Waals surface area contributed by atoms with E-state index < -0.39 is 48.9 Å². The zero-order valence-electron chi connectivity index (χ0n) is 11.3. The van der Waals surface area contributed by atoms with E-state index in [-0.39, 0.29) is 6.61 Å². The van der Waals surface area contributed by atoms with Gasteiger partial charge in [-0.3, -0.25) is 4.57 Å². The molecule has 0 heterocycles. The first kappa shape index (κ1) is 22.8. The summed E-state index contributed by atoms with van der Waals surface area (Å²) in [7, 11) is 11.3. The number of quaternary nitrogens is 1. The number of phosphoric ester groups is 1. The van der Waals surface area contributed by atoms with Crippen molar-refractivity contribution in [3.8, 4) is 0 Å². The third-order valence-corrected chi connectivity index (χ3v) is 2.61. The Balaban J connectivity index is 0. The Morgan fingerprint density at radius 2 is 1.84 bits per heavy atom. The van der Waals surface area contributed by atoms with Crippen molar-refractivity contribution in [2.24, 2.45) is 0 Å². The van der Waals surface area contributed by atoms with Crippen molar-refractivity contribution in [3.05, 3.63) is 0 Å². The van der Waals surface area contributed by atoms with Crippen LogP contribution in [-0.2, 0) is 35.4 Å². The van der Waals surface area contributed by atoms with E-state index in [1.54, 1.807) is 0 Å². The van der Waals surface area contributed by atoms with Crippen LogP contribution in [0, 0.1) is 0 Å². The second-order valence-electron chi connectivity index (χ2n) is 4.53. The number of phosphoric acid groups is 1. The molecule has 2 atom stereocenters. The van der Waals surface area contributed by atoms with Crippen molar-refractivity contribution >= 4 is 24.5 Å². The van der Waals surface area contributed by atoms with E-state index in [1.807, 2.05) is 21.1 Å². The van der Waals surface area contributed by atoms with E-state index in [1.165, 1.54) is 0 Å². The topological polar surface area (TPSA) is 99.1 Å². The van der Waals surface area contributed by atoms with Crippen LogP contribution in [-0.4, -0.2) is 68.3 Å². The Kier molecular flexibility index (Phi) is 14.5. The standard InChI is InChI=1S/C8H20NO6P.Cd.2ClH/c1-9(2,3)4-5-14-16(12,13)15-7-8(11)6-10;;;/h8,10-11H,4-7H2,1-3H3;;2*1H/q;+2;;/p-2/t8-;;;/m1.../s1. The van der Waals surface area contributed by atoms with Gasteiger partial charge in [-0.05, 0) is 0 Å². The summed E-state index contributed by atoms with van der Waals surface area (Å²) in [6, 6.07) is 0. The molecule has 0 saturated heterocycles. The summed E-state index contributed by atoms with van der Waals surface area (Å²) < 4.78 is 20.6. The van der Waals surface area contributed by atoms with Gasteiger partial charge >= 0.3 is 38.4 Å². The average molecular weight is 441 g/mol. The summed E-state index contributed by atoms with van der Waals surface area (Å²) in [6.45, 7) is -0.530. The molecule has 0 saturated carbocycles. The quantitative estimate of drug-likeness (QED) is 0.311. The van der Waals surface area contributed by atoms with Gasteiger partial charge in [0, 0.05) is 0 Å². The summed E-state index contributed by atoms with van der Waals surface area (Å²) in [5.41, 5.74) is 0. The van der Waals surface area contributed by atoms with Gasteiger partial charge < -0.3 is 28.6 Å². The molecule has 114 valence electrons. The predicted octanol–water partition coefficient (Wildman–Crippen LogP) is -0.0761. The number of aliphatic hydroxyl groups excluding tert-OH is 2. The second-order valence-corrected chi connectivity index (χ2v) is 11.9. The van der Waals surface area contributed by atoms with E-state index in [2.05, 4.69) is 9.05 Å². The minimum atomic E-state index is -4.38. The van der Waals surface area contributed by atoms with Crippen LogP contribution in [0.3, 0.4) is 0 Å². The van der Waals surface area contributed by atoms with Gasteiger partial charge in [-0.2, -0.15) is 0 Å². The zero-order valence-corrected chi connectivity index (χ0v) is 17.7. The molecule has 0 rings (SSSR count). The maximum atomic E-state index is 11.1. The Bertz CT molecular complexity index is 268. The average Bonchev–Trinajstić information content (AvgIpc) is 2.25. The van der Waals surface area contributed by atoms with Gasteiger partial charge in [-0.15, -0.1) is 0 Å². The molecule has 0 aliphatic heterocycles. The first-order chi connectivity index (χ1) is 8.58. The van der Waals surface area contributed by atoms with Crippen LogP contribution < -0.4 is 4.89 Å². The third-order valence-electron chi connectivity index (χ3n) is 1.65. The van der Waals surface area contributed by atoms with E-state index in [4.69, 9.17) is 26.8 Å². The summed E-state index contributed by atoms with van der Waals surface area (Å²) in [5.74, 6) is 0. The van der Waals surface area contributed by atoms with Crippen molar-refractivity contribution in [3.63, 3.8) is 0 Å². The first-order valence-corrected chi connectivity index (χ1v) is 17.1. The normalized spacial score (nSPS) is 15.8. The molecular weight excluding hydrogens is 420 g/mol. The fourth-order valence-corrected chi connectivity index (χ4v) is 1.43. The van der Waals surface area contributed by atoms with Gasteiger partial charge in [-0.25, -0.2) is 0 Å². The van der Waals surface area contributed by atoms with Crippen LogP contribution >= 0.6 is 24.5 Å². The van der Waals surface area contributed by atoms with Crippen molar-refractivity contribution in [1.82, 2.24) is 0 Å². The third kappa shape index (κ3) is 19.5. The fourth-order valence-electron chi connectivity index (χ4n) is 0.694. The van der Waals surface area contributed by atoms with Gasteiger partial charge in [0.1, 0.15) is 19.3 Å². The molecule has 0 fully saturated rings. The number of aliphatic hydroxyl groups is 2. The van der Waals surface area contributed by atoms with Crippen molar-refractivity contribution in [2.75, 3.05) is 47.5 Å². The molecule has 0 radical (unpaired) electrons. The molecule has 0 aliphatic carbocycles. The summed E-state index contributed by atoms with van der Waals surface area (Å²) in [5, 5.41) is 17.3. The molecule has 0 bridgehead atoms. The predicted molar refractivity (Wildman–Crippen MR) is 67.2 cm³/mol. The molecule has 0 aliphatic rings. The van der Waals surface area contributed by atoms with Gasteiger partial charge in [0.15, 0.2) is 0 Å². The van der Waals surface area contributed by atoms with Crippen LogP contribution in [0.25, 0.3) is 0 Å². The fraction of sp³-hybridized carbons (Fsp3) is 1.00. The number of hydrogen-bond donors (Lipinski definition) is 2. The van der Waals surface area contributed by atoms with Gasteiger partial charge in [0.05, 0.1) is 34.4 Å². The number of likely N-dealkylation sites (N-methyl/N-ethyl adjacent to an activating group) is 1. The van der Waals surface area contributed by atoms with Crippen molar-refractivity contribution < 1.29 is 55.0 Å². The Morgan fingerprint density at radius 3 is 2.21 bits per heavy atom. The summed E-state index contributed by atoms with van der Waals surface area (Å²) in [4.78, 5) is 11.1. The molecule has 2 N–H and O–H groups in total. The van der Waals surface area contributed by atoms with E-state index >= 15 is 0 Å². The Hall–Kier alpha value is 1.49. The van der Waals surface area contributed by atoms with Crippen molar-refractivity contribution in [2.45, 2.75) is 6.10 Å². The summed E-state index contributed by atoms with van der Waals surface area (Å²) >= 11 is -1.07. The van der Waals surface area contributed by atoms with Crippen LogP contribution in [0.1, 0.15) is 0 Å². The van der Waals surface area contributed by atoms with Gasteiger partial charge in [0.25, 0.3) is 7.82 Å². The molecule has 19 heavy (non-hydrogen) atoms. The maximum absolute atomic E-state index is 11.1. The van der Waals surface area contributed by atoms with Crippen LogP contribution in [0.2, 0.25) is 0 Å². The SMILES string of the molecule is C[N+](C)(C)CCOP(=O)([O-])OC[C@H](O)CO.[Cl][Cd][Cl]. The number of nitrogens with zero attached hydrogens (tertiary/aromatic N) is 1. The number of hydrogen-bond acceptors (Lipinski definition) is 6. The molecule has 0 amide bonds. The van der Waals surface area contributed by atoms with E-state index in [0.717, 1.165) is 0 Å². The summed E-state index contributed by atoms with van der Waals surface area (Å²) in [6.07, 6.45) is -1.22. The molecule has 0 aromatic rings.